The van der Waals surface area contributed by atoms with Crippen LogP contribution in [0.5, 0.6) is 0 Å². The van der Waals surface area contributed by atoms with Crippen LogP contribution < -0.4 is 0 Å². The Morgan fingerprint density at radius 1 is 1.07 bits per heavy atom. The van der Waals surface area contributed by atoms with Crippen molar-refractivity contribution >= 4 is 5.78 Å². The predicted molar refractivity (Wildman–Crippen MR) is 118 cm³/mol. The topological polar surface area (TPSA) is 17.1 Å². The van der Waals surface area contributed by atoms with Crippen LogP contribution >= 0.6 is 0 Å². The van der Waals surface area contributed by atoms with Crippen LogP contribution in [0.15, 0.2) is 11.6 Å². The maximum atomic E-state index is 12.1. The highest BCUT2D eigenvalue weighted by molar-refractivity contribution is 5.79. The van der Waals surface area contributed by atoms with Crippen LogP contribution in [0.2, 0.25) is 0 Å². The summed E-state index contributed by atoms with van der Waals surface area (Å²) in [6.07, 6.45) is 16.6. The van der Waals surface area contributed by atoms with Gasteiger partial charge in [0.25, 0.3) is 0 Å². The highest BCUT2D eigenvalue weighted by Crippen LogP contribution is 2.66. The van der Waals surface area contributed by atoms with Gasteiger partial charge in [0, 0.05) is 12.8 Å². The van der Waals surface area contributed by atoms with Crippen molar-refractivity contribution in [2.75, 3.05) is 0 Å². The van der Waals surface area contributed by atoms with Crippen molar-refractivity contribution in [3.05, 3.63) is 11.6 Å². The molecule has 0 aromatic rings. The Balaban J connectivity index is 1.48. The van der Waals surface area contributed by atoms with Crippen LogP contribution in [0.1, 0.15) is 105 Å². The molecule has 7 atom stereocenters. The van der Waals surface area contributed by atoms with Gasteiger partial charge >= 0.3 is 0 Å². The second kappa shape index (κ2) is 7.59. The molecule has 4 aliphatic rings. The SMILES string of the molecule is CC(C)CCC[C@@H](C)[C@H]1CC=C2[C@@H]3CC[C@@H]4CC(=O)CC[C@]4(C)[C@H]3CC[C@@]21C. The molecule has 1 nitrogen and oxygen atoms in total. The summed E-state index contributed by atoms with van der Waals surface area (Å²) in [4.78, 5) is 12.1. The molecule has 0 aromatic carbocycles. The van der Waals surface area contributed by atoms with Gasteiger partial charge in [-0.3, -0.25) is 4.79 Å². The predicted octanol–water partition coefficient (Wildman–Crippen LogP) is 7.60. The highest BCUT2D eigenvalue weighted by atomic mass is 16.1. The van der Waals surface area contributed by atoms with Crippen LogP contribution in [0.3, 0.4) is 0 Å². The van der Waals surface area contributed by atoms with Crippen molar-refractivity contribution in [2.24, 2.45) is 46.3 Å². The molecule has 1 heteroatoms. The Bertz CT molecular complexity index is 630. The first kappa shape index (κ1) is 20.7. The van der Waals surface area contributed by atoms with Crippen molar-refractivity contribution in [3.63, 3.8) is 0 Å². The summed E-state index contributed by atoms with van der Waals surface area (Å²) in [6, 6.07) is 0. The lowest BCUT2D eigenvalue weighted by Gasteiger charge is -2.59. The standard InChI is InChI=1S/C27H44O/c1-18(2)7-6-8-19(3)23-11-12-24-22-10-9-20-17-21(28)13-15-26(20,4)25(22)14-16-27(23,24)5/h12,18-20,22-23,25H,6-11,13-17H2,1-5H3/t19-,20-,22+,23-,25+,26+,27-/m1/s1. The molecule has 0 heterocycles. The molecule has 0 radical (unpaired) electrons. The summed E-state index contributed by atoms with van der Waals surface area (Å²) in [6.45, 7) is 12.5. The van der Waals surface area contributed by atoms with Crippen LogP contribution in [0, 0.1) is 46.3 Å². The van der Waals surface area contributed by atoms with E-state index in [9.17, 15) is 4.79 Å². The van der Waals surface area contributed by atoms with Crippen molar-refractivity contribution in [1.29, 1.82) is 0 Å². The number of hydrogen-bond acceptors (Lipinski definition) is 1. The molecule has 0 aromatic heterocycles. The van der Waals surface area contributed by atoms with E-state index in [1.165, 1.54) is 51.4 Å². The smallest absolute Gasteiger partial charge is 0.133 e. The number of carbonyl (C=O) groups is 1. The molecule has 4 rings (SSSR count). The lowest BCUT2D eigenvalue weighted by atomic mass is 9.45. The van der Waals surface area contributed by atoms with Gasteiger partial charge in [-0.25, -0.2) is 0 Å². The Hall–Kier alpha value is -0.590. The quantitative estimate of drug-likeness (QED) is 0.446. The molecule has 0 unspecified atom stereocenters. The summed E-state index contributed by atoms with van der Waals surface area (Å²) < 4.78 is 0. The minimum Gasteiger partial charge on any atom is -0.300 e. The lowest BCUT2D eigenvalue weighted by molar-refractivity contribution is -0.131. The Morgan fingerprint density at radius 2 is 1.86 bits per heavy atom. The second-order valence-electron chi connectivity index (χ2n) is 12.0. The number of rotatable bonds is 5. The summed E-state index contributed by atoms with van der Waals surface area (Å²) in [5.41, 5.74) is 2.76. The first-order valence-corrected chi connectivity index (χ1v) is 12.5. The largest absolute Gasteiger partial charge is 0.300 e. The van der Waals surface area contributed by atoms with Gasteiger partial charge < -0.3 is 0 Å². The first-order chi connectivity index (χ1) is 13.3. The first-order valence-electron chi connectivity index (χ1n) is 12.5. The number of carbonyl (C=O) groups excluding carboxylic acids is 1. The van der Waals surface area contributed by atoms with Crippen molar-refractivity contribution in [2.45, 2.75) is 105 Å². The molecule has 0 spiro atoms. The number of allylic oxidation sites excluding steroid dienone is 2. The number of Topliss-reactive ketones (excluding diaryl/α,β-unsaturated/α-hetero) is 1. The van der Waals surface area contributed by atoms with Gasteiger partial charge in [-0.2, -0.15) is 0 Å². The van der Waals surface area contributed by atoms with Gasteiger partial charge in [-0.1, -0.05) is 65.5 Å². The van der Waals surface area contributed by atoms with E-state index in [2.05, 4.69) is 40.7 Å². The molecule has 3 fully saturated rings. The second-order valence-corrected chi connectivity index (χ2v) is 12.0. The summed E-state index contributed by atoms with van der Waals surface area (Å²) >= 11 is 0. The Labute approximate surface area is 174 Å². The molecule has 0 amide bonds. The normalized spacial score (nSPS) is 43.9. The highest BCUT2D eigenvalue weighted by Gasteiger charge is 2.57. The minimum absolute atomic E-state index is 0.431. The maximum Gasteiger partial charge on any atom is 0.133 e. The van der Waals surface area contributed by atoms with E-state index in [0.717, 1.165) is 48.9 Å². The fraction of sp³-hybridized carbons (Fsp3) is 0.889. The Kier molecular flexibility index (Phi) is 5.60. The summed E-state index contributed by atoms with van der Waals surface area (Å²) in [5, 5.41) is 0. The van der Waals surface area contributed by atoms with Gasteiger partial charge in [0.05, 0.1) is 0 Å². The van der Waals surface area contributed by atoms with E-state index in [4.69, 9.17) is 0 Å². The van der Waals surface area contributed by atoms with Crippen molar-refractivity contribution in [1.82, 2.24) is 0 Å². The molecule has 158 valence electrons. The zero-order valence-corrected chi connectivity index (χ0v) is 19.2. The van der Waals surface area contributed by atoms with Crippen LogP contribution in [0.4, 0.5) is 0 Å². The zero-order valence-electron chi connectivity index (χ0n) is 19.2. The van der Waals surface area contributed by atoms with Crippen LogP contribution in [0.25, 0.3) is 0 Å². The van der Waals surface area contributed by atoms with Gasteiger partial charge in [0.1, 0.15) is 5.78 Å². The molecule has 0 saturated heterocycles. The molecular formula is C27H44O. The van der Waals surface area contributed by atoms with Gasteiger partial charge in [-0.05, 0) is 84.9 Å². The van der Waals surface area contributed by atoms with E-state index in [1.807, 2.05) is 5.57 Å². The Morgan fingerprint density at radius 3 is 2.61 bits per heavy atom. The minimum atomic E-state index is 0.431. The third-order valence-electron chi connectivity index (χ3n) is 10.1. The average molecular weight is 385 g/mol. The molecule has 0 N–H and O–H groups in total. The number of ketones is 1. The fourth-order valence-corrected chi connectivity index (χ4v) is 8.32. The maximum absolute atomic E-state index is 12.1. The van der Waals surface area contributed by atoms with E-state index < -0.39 is 0 Å². The molecular weight excluding hydrogens is 340 g/mol. The zero-order chi connectivity index (χ0) is 20.1. The summed E-state index contributed by atoms with van der Waals surface area (Å²) in [7, 11) is 0. The summed E-state index contributed by atoms with van der Waals surface area (Å²) in [5.74, 6) is 5.44. The molecule has 4 aliphatic carbocycles. The molecule has 0 bridgehead atoms. The number of fused-ring (bicyclic) bond motifs is 5. The van der Waals surface area contributed by atoms with Crippen molar-refractivity contribution in [3.8, 4) is 0 Å². The molecule has 3 saturated carbocycles. The van der Waals surface area contributed by atoms with E-state index in [-0.39, 0.29) is 0 Å². The van der Waals surface area contributed by atoms with E-state index in [0.29, 0.717) is 22.5 Å². The van der Waals surface area contributed by atoms with E-state index in [1.54, 1.807) is 0 Å². The van der Waals surface area contributed by atoms with E-state index >= 15 is 0 Å². The van der Waals surface area contributed by atoms with Crippen molar-refractivity contribution < 1.29 is 4.79 Å². The van der Waals surface area contributed by atoms with Gasteiger partial charge in [0.15, 0.2) is 0 Å². The fourth-order valence-electron chi connectivity index (χ4n) is 8.32. The molecule has 0 aliphatic heterocycles. The number of hydrogen-bond donors (Lipinski definition) is 0. The molecule has 28 heavy (non-hydrogen) atoms. The van der Waals surface area contributed by atoms with Crippen LogP contribution in [-0.4, -0.2) is 5.78 Å². The van der Waals surface area contributed by atoms with Crippen LogP contribution in [-0.2, 0) is 4.79 Å². The third-order valence-corrected chi connectivity index (χ3v) is 10.1. The average Bonchev–Trinajstić information content (AvgIpc) is 2.99. The van der Waals surface area contributed by atoms with Gasteiger partial charge in [-0.15, -0.1) is 0 Å². The van der Waals surface area contributed by atoms with Gasteiger partial charge in [0.2, 0.25) is 0 Å². The monoisotopic (exact) mass is 384 g/mol. The lowest BCUT2D eigenvalue weighted by Crippen LogP contribution is -2.51. The third kappa shape index (κ3) is 3.33.